The van der Waals surface area contributed by atoms with E-state index < -0.39 is 0 Å². The average Bonchev–Trinajstić information content (AvgIpc) is 2.95. The Bertz CT molecular complexity index is 399. The van der Waals surface area contributed by atoms with Gasteiger partial charge in [0.1, 0.15) is 0 Å². The summed E-state index contributed by atoms with van der Waals surface area (Å²) in [6, 6.07) is 8.27. The molecular formula is C12H11NO. The van der Waals surface area contributed by atoms with Crippen molar-refractivity contribution in [2.75, 3.05) is 0 Å². The Morgan fingerprint density at radius 2 is 2.21 bits per heavy atom. The van der Waals surface area contributed by atoms with E-state index in [9.17, 15) is 4.79 Å². The Labute approximate surface area is 83.1 Å². The van der Waals surface area contributed by atoms with Crippen LogP contribution in [0.25, 0.3) is 0 Å². The molecular weight excluding hydrogens is 174 g/mol. The molecule has 2 aliphatic rings. The molecule has 1 aromatic rings. The smallest absolute Gasteiger partial charge is 0.221 e. The van der Waals surface area contributed by atoms with Gasteiger partial charge >= 0.3 is 0 Å². The standard InChI is InChI=1S/C12H11NO/c13-12(14)11-5-7-3-1-2-4-8(7)9-6-10(9)11/h1-4,9-11H,5H2,(H2,13,14). The molecule has 14 heavy (non-hydrogen) atoms. The Hall–Kier alpha value is -1.31. The maximum absolute atomic E-state index is 11.2. The lowest BCUT2D eigenvalue weighted by Crippen LogP contribution is -2.29. The molecule has 2 aliphatic carbocycles. The predicted molar refractivity (Wildman–Crippen MR) is 52.3 cm³/mol. The minimum Gasteiger partial charge on any atom is -0.369 e. The number of benzene rings is 1. The minimum atomic E-state index is -0.181. The molecule has 0 spiro atoms. The van der Waals surface area contributed by atoms with E-state index in [4.69, 9.17) is 5.73 Å². The fourth-order valence-corrected chi connectivity index (χ4v) is 2.45. The second-order valence-corrected chi connectivity index (χ2v) is 4.08. The largest absolute Gasteiger partial charge is 0.369 e. The van der Waals surface area contributed by atoms with E-state index in [1.165, 1.54) is 11.1 Å². The molecule has 1 fully saturated rings. The van der Waals surface area contributed by atoms with Gasteiger partial charge < -0.3 is 5.73 Å². The van der Waals surface area contributed by atoms with Crippen LogP contribution < -0.4 is 5.73 Å². The zero-order chi connectivity index (χ0) is 9.71. The van der Waals surface area contributed by atoms with Gasteiger partial charge in [-0.15, -0.1) is 0 Å². The number of carbonyl (C=O) groups excluding carboxylic acids is 1. The third-order valence-electron chi connectivity index (χ3n) is 3.25. The molecule has 1 amide bonds. The van der Waals surface area contributed by atoms with Gasteiger partial charge in [0, 0.05) is 5.92 Å². The van der Waals surface area contributed by atoms with Crippen LogP contribution in [0, 0.1) is 18.3 Å². The van der Waals surface area contributed by atoms with Gasteiger partial charge in [0.15, 0.2) is 0 Å². The average molecular weight is 185 g/mol. The van der Waals surface area contributed by atoms with E-state index in [2.05, 4.69) is 18.6 Å². The third kappa shape index (κ3) is 0.999. The zero-order valence-electron chi connectivity index (χ0n) is 7.73. The SMILES string of the molecule is NC(=O)C1Cc2ccccc2C2[C]C12. The van der Waals surface area contributed by atoms with Crippen molar-refractivity contribution in [1.29, 1.82) is 0 Å². The highest BCUT2D eigenvalue weighted by Gasteiger charge is 2.50. The second kappa shape index (κ2) is 2.59. The lowest BCUT2D eigenvalue weighted by atomic mass is 9.83. The minimum absolute atomic E-state index is 0.0186. The van der Waals surface area contributed by atoms with Crippen molar-refractivity contribution in [3.63, 3.8) is 0 Å². The Balaban J connectivity index is 2.01. The number of nitrogens with two attached hydrogens (primary N) is 1. The summed E-state index contributed by atoms with van der Waals surface area (Å²) in [5, 5.41) is 0. The number of primary amides is 1. The summed E-state index contributed by atoms with van der Waals surface area (Å²) in [6.07, 6.45) is 4.11. The van der Waals surface area contributed by atoms with Crippen molar-refractivity contribution in [1.82, 2.24) is 0 Å². The predicted octanol–water partition coefficient (Wildman–Crippen LogP) is 1.14. The first-order chi connectivity index (χ1) is 6.77. The van der Waals surface area contributed by atoms with Gasteiger partial charge in [-0.3, -0.25) is 4.79 Å². The molecule has 2 heteroatoms. The van der Waals surface area contributed by atoms with Gasteiger partial charge in [0.05, 0.1) is 0 Å². The van der Waals surface area contributed by atoms with Crippen LogP contribution >= 0.6 is 0 Å². The molecule has 3 atom stereocenters. The number of amides is 1. The molecule has 1 aromatic carbocycles. The van der Waals surface area contributed by atoms with Crippen LogP contribution in [0.2, 0.25) is 0 Å². The van der Waals surface area contributed by atoms with Crippen LogP contribution in [-0.4, -0.2) is 5.91 Å². The highest BCUT2D eigenvalue weighted by Crippen LogP contribution is 2.55. The van der Waals surface area contributed by atoms with E-state index in [1.807, 2.05) is 12.1 Å². The van der Waals surface area contributed by atoms with Crippen molar-refractivity contribution in [3.8, 4) is 0 Å². The molecule has 0 bridgehead atoms. The fourth-order valence-electron chi connectivity index (χ4n) is 2.45. The summed E-state index contributed by atoms with van der Waals surface area (Å²) in [7, 11) is 0. The molecule has 0 aromatic heterocycles. The van der Waals surface area contributed by atoms with E-state index in [0.717, 1.165) is 6.42 Å². The Morgan fingerprint density at radius 3 is 3.00 bits per heavy atom. The van der Waals surface area contributed by atoms with Gasteiger partial charge in [-0.1, -0.05) is 24.3 Å². The quantitative estimate of drug-likeness (QED) is 0.700. The fraction of sp³-hybridized carbons (Fsp3) is 0.333. The summed E-state index contributed by atoms with van der Waals surface area (Å²) in [4.78, 5) is 11.2. The molecule has 0 saturated heterocycles. The van der Waals surface area contributed by atoms with Crippen LogP contribution in [0.15, 0.2) is 24.3 Å². The van der Waals surface area contributed by atoms with Crippen molar-refractivity contribution < 1.29 is 4.79 Å². The normalized spacial score (nSPS) is 33.0. The summed E-state index contributed by atoms with van der Waals surface area (Å²) in [6.45, 7) is 0. The lowest BCUT2D eigenvalue weighted by Gasteiger charge is -2.21. The van der Waals surface area contributed by atoms with Crippen LogP contribution in [-0.2, 0) is 11.2 Å². The van der Waals surface area contributed by atoms with Gasteiger partial charge in [-0.25, -0.2) is 0 Å². The van der Waals surface area contributed by atoms with E-state index >= 15 is 0 Å². The first-order valence-electron chi connectivity index (χ1n) is 4.90. The van der Waals surface area contributed by atoms with Crippen LogP contribution in [0.5, 0.6) is 0 Å². The van der Waals surface area contributed by atoms with Crippen LogP contribution in [0.1, 0.15) is 17.0 Å². The highest BCUT2D eigenvalue weighted by molar-refractivity contribution is 5.79. The lowest BCUT2D eigenvalue weighted by molar-refractivity contribution is -0.122. The first kappa shape index (κ1) is 8.04. The molecule has 1 saturated carbocycles. The Morgan fingerprint density at radius 1 is 1.43 bits per heavy atom. The monoisotopic (exact) mass is 185 g/mol. The summed E-state index contributed by atoms with van der Waals surface area (Å²) >= 11 is 0. The third-order valence-corrected chi connectivity index (χ3v) is 3.25. The second-order valence-electron chi connectivity index (χ2n) is 4.08. The topological polar surface area (TPSA) is 43.1 Å². The summed E-state index contributed by atoms with van der Waals surface area (Å²) in [5.74, 6) is 0.467. The number of carbonyl (C=O) groups is 1. The van der Waals surface area contributed by atoms with E-state index in [0.29, 0.717) is 11.8 Å². The molecule has 2 N–H and O–H groups in total. The van der Waals surface area contributed by atoms with Gasteiger partial charge in [0.25, 0.3) is 0 Å². The van der Waals surface area contributed by atoms with E-state index in [1.54, 1.807) is 0 Å². The van der Waals surface area contributed by atoms with E-state index in [-0.39, 0.29) is 11.8 Å². The number of hydrogen-bond acceptors (Lipinski definition) is 1. The van der Waals surface area contributed by atoms with Crippen molar-refractivity contribution in [3.05, 3.63) is 41.8 Å². The summed E-state index contributed by atoms with van der Waals surface area (Å²) < 4.78 is 0. The Kier molecular flexibility index (Phi) is 1.49. The van der Waals surface area contributed by atoms with Crippen LogP contribution in [0.3, 0.4) is 0 Å². The molecule has 2 radical (unpaired) electrons. The number of fused-ring (bicyclic) bond motifs is 3. The number of rotatable bonds is 1. The molecule has 2 nitrogen and oxygen atoms in total. The van der Waals surface area contributed by atoms with Crippen molar-refractivity contribution in [2.24, 2.45) is 17.6 Å². The highest BCUT2D eigenvalue weighted by atomic mass is 16.1. The molecule has 0 heterocycles. The molecule has 0 aliphatic heterocycles. The molecule has 3 rings (SSSR count). The van der Waals surface area contributed by atoms with Gasteiger partial charge in [-0.05, 0) is 35.8 Å². The molecule has 70 valence electrons. The van der Waals surface area contributed by atoms with Gasteiger partial charge in [0.2, 0.25) is 5.91 Å². The summed E-state index contributed by atoms with van der Waals surface area (Å²) in [5.41, 5.74) is 7.97. The van der Waals surface area contributed by atoms with Crippen molar-refractivity contribution >= 4 is 5.91 Å². The molecule has 3 unspecified atom stereocenters. The van der Waals surface area contributed by atoms with Crippen molar-refractivity contribution in [2.45, 2.75) is 12.3 Å². The maximum Gasteiger partial charge on any atom is 0.221 e. The van der Waals surface area contributed by atoms with Crippen LogP contribution in [0.4, 0.5) is 0 Å². The number of hydrogen-bond donors (Lipinski definition) is 1. The zero-order valence-corrected chi connectivity index (χ0v) is 7.73. The van der Waals surface area contributed by atoms with Gasteiger partial charge in [-0.2, -0.15) is 0 Å². The maximum atomic E-state index is 11.2. The first-order valence-corrected chi connectivity index (χ1v) is 4.90.